The van der Waals surface area contributed by atoms with Gasteiger partial charge in [-0.1, -0.05) is 0 Å². The quantitative estimate of drug-likeness (QED) is 0.626. The van der Waals surface area contributed by atoms with Gasteiger partial charge in [-0.25, -0.2) is 0 Å². The van der Waals surface area contributed by atoms with E-state index in [-0.39, 0.29) is 5.56 Å². The molecular formula is C11H11F3O5S. The monoisotopic (exact) mass is 312 g/mol. The van der Waals surface area contributed by atoms with Gasteiger partial charge in [0.1, 0.15) is 5.75 Å². The summed E-state index contributed by atoms with van der Waals surface area (Å²) in [5.74, 6) is -1.27. The van der Waals surface area contributed by atoms with Crippen LogP contribution in [0, 0.1) is 0 Å². The molecule has 0 heterocycles. The molecule has 1 rings (SSSR count). The van der Waals surface area contributed by atoms with Gasteiger partial charge in [0.25, 0.3) is 0 Å². The van der Waals surface area contributed by atoms with Gasteiger partial charge in [-0.2, -0.15) is 21.6 Å². The summed E-state index contributed by atoms with van der Waals surface area (Å²) < 4.78 is 68.7. The van der Waals surface area contributed by atoms with E-state index in [0.717, 1.165) is 19.2 Å². The molecule has 9 heteroatoms. The molecule has 0 saturated carbocycles. The van der Waals surface area contributed by atoms with E-state index in [1.54, 1.807) is 0 Å². The first-order valence-electron chi connectivity index (χ1n) is 5.18. The van der Waals surface area contributed by atoms with Crippen LogP contribution in [0.3, 0.4) is 0 Å². The fraction of sp³-hybridized carbons (Fsp3) is 0.364. The molecule has 1 aromatic carbocycles. The molecule has 0 atom stereocenters. The molecule has 0 radical (unpaired) electrons. The first kappa shape index (κ1) is 16.3. The third kappa shape index (κ3) is 5.08. The number of benzene rings is 1. The summed E-state index contributed by atoms with van der Waals surface area (Å²) in [6, 6.07) is 2.31. The Hall–Kier alpha value is -1.77. The normalized spacial score (nSPS) is 12.1. The molecule has 1 aromatic rings. The van der Waals surface area contributed by atoms with E-state index < -0.39 is 40.0 Å². The molecule has 0 aliphatic rings. The van der Waals surface area contributed by atoms with E-state index in [1.807, 2.05) is 0 Å². The molecule has 0 N–H and O–H groups in total. The second kappa shape index (κ2) is 5.70. The van der Waals surface area contributed by atoms with Crippen molar-refractivity contribution >= 4 is 16.1 Å². The van der Waals surface area contributed by atoms with Crippen molar-refractivity contribution in [2.24, 2.45) is 0 Å². The summed E-state index contributed by atoms with van der Waals surface area (Å²) in [5, 5.41) is 0. The Balaban J connectivity index is 3.24. The number of ether oxygens (including phenoxy) is 1. The molecule has 112 valence electrons. The Morgan fingerprint density at radius 2 is 1.85 bits per heavy atom. The number of hydrogen-bond acceptors (Lipinski definition) is 5. The van der Waals surface area contributed by atoms with E-state index in [4.69, 9.17) is 0 Å². The minimum Gasteiger partial charge on any atom is -0.469 e. The Labute approximate surface area is 113 Å². The molecule has 0 aliphatic heterocycles. The van der Waals surface area contributed by atoms with Gasteiger partial charge in [0, 0.05) is 0 Å². The molecule has 0 spiro atoms. The summed E-state index contributed by atoms with van der Waals surface area (Å²) in [4.78, 5) is 11.1. The maximum Gasteiger partial charge on any atom is 0.416 e. The Bertz CT molecular complexity index is 607. The van der Waals surface area contributed by atoms with Crippen LogP contribution in [-0.2, 0) is 32.2 Å². The third-order valence-electron chi connectivity index (χ3n) is 2.12. The maximum absolute atomic E-state index is 12.7. The molecular weight excluding hydrogens is 301 g/mol. The van der Waals surface area contributed by atoms with Crippen molar-refractivity contribution in [3.05, 3.63) is 29.3 Å². The molecule has 0 fully saturated rings. The van der Waals surface area contributed by atoms with Crippen molar-refractivity contribution in [2.45, 2.75) is 12.6 Å². The first-order chi connectivity index (χ1) is 9.01. The average Bonchev–Trinajstić information content (AvgIpc) is 2.24. The van der Waals surface area contributed by atoms with Crippen LogP contribution in [-0.4, -0.2) is 27.8 Å². The van der Waals surface area contributed by atoms with Crippen molar-refractivity contribution in [1.82, 2.24) is 0 Å². The van der Waals surface area contributed by atoms with Gasteiger partial charge in [-0.3, -0.25) is 4.79 Å². The first-order valence-corrected chi connectivity index (χ1v) is 7.00. The lowest BCUT2D eigenvalue weighted by Gasteiger charge is -2.11. The van der Waals surface area contributed by atoms with Crippen molar-refractivity contribution in [3.8, 4) is 5.75 Å². The number of esters is 1. The number of methoxy groups -OCH3 is 1. The van der Waals surface area contributed by atoms with Crippen LogP contribution in [0.15, 0.2) is 18.2 Å². The highest BCUT2D eigenvalue weighted by Gasteiger charge is 2.32. The molecule has 0 unspecified atom stereocenters. The molecule has 0 saturated heterocycles. The predicted molar refractivity (Wildman–Crippen MR) is 62.6 cm³/mol. The van der Waals surface area contributed by atoms with E-state index in [2.05, 4.69) is 8.92 Å². The van der Waals surface area contributed by atoms with Crippen molar-refractivity contribution in [2.75, 3.05) is 13.4 Å². The lowest BCUT2D eigenvalue weighted by molar-refractivity contribution is -0.140. The Kier molecular flexibility index (Phi) is 4.64. The van der Waals surface area contributed by atoms with Gasteiger partial charge in [0.15, 0.2) is 0 Å². The average molecular weight is 312 g/mol. The van der Waals surface area contributed by atoms with Gasteiger partial charge in [0.05, 0.1) is 25.3 Å². The SMILES string of the molecule is COC(=O)Cc1cc(OS(C)(=O)=O)cc(C(F)(F)F)c1. The molecule has 0 amide bonds. The fourth-order valence-corrected chi connectivity index (χ4v) is 1.83. The molecule has 20 heavy (non-hydrogen) atoms. The van der Waals surface area contributed by atoms with Crippen molar-refractivity contribution in [3.63, 3.8) is 0 Å². The zero-order valence-electron chi connectivity index (χ0n) is 10.5. The zero-order chi connectivity index (χ0) is 15.6. The largest absolute Gasteiger partial charge is 0.469 e. The van der Waals surface area contributed by atoms with Crippen LogP contribution >= 0.6 is 0 Å². The van der Waals surface area contributed by atoms with Crippen LogP contribution in [0.5, 0.6) is 5.75 Å². The smallest absolute Gasteiger partial charge is 0.416 e. The van der Waals surface area contributed by atoms with E-state index in [1.165, 1.54) is 0 Å². The molecule has 0 aliphatic carbocycles. The number of halogens is 3. The number of carbonyl (C=O) groups is 1. The lowest BCUT2D eigenvalue weighted by Crippen LogP contribution is -2.11. The van der Waals surface area contributed by atoms with Gasteiger partial charge in [-0.15, -0.1) is 0 Å². The van der Waals surface area contributed by atoms with Crippen molar-refractivity contribution < 1.29 is 35.3 Å². The second-order valence-corrected chi connectivity index (χ2v) is 5.48. The number of carbonyl (C=O) groups excluding carboxylic acids is 1. The topological polar surface area (TPSA) is 69.7 Å². The number of alkyl halides is 3. The van der Waals surface area contributed by atoms with E-state index in [0.29, 0.717) is 12.3 Å². The van der Waals surface area contributed by atoms with E-state index in [9.17, 15) is 26.4 Å². The minimum atomic E-state index is -4.69. The highest BCUT2D eigenvalue weighted by molar-refractivity contribution is 7.86. The number of hydrogen-bond donors (Lipinski definition) is 0. The highest BCUT2D eigenvalue weighted by atomic mass is 32.2. The summed E-state index contributed by atoms with van der Waals surface area (Å²) in [7, 11) is -2.89. The highest BCUT2D eigenvalue weighted by Crippen LogP contribution is 2.33. The standard InChI is InChI=1S/C11H11F3O5S/c1-18-10(15)5-7-3-8(11(12,13)14)6-9(4-7)19-20(2,16)17/h3-4,6H,5H2,1-2H3. The summed E-state index contributed by atoms with van der Waals surface area (Å²) in [5.41, 5.74) is -1.18. The van der Waals surface area contributed by atoms with Gasteiger partial charge in [0.2, 0.25) is 0 Å². The summed E-state index contributed by atoms with van der Waals surface area (Å²) in [6.07, 6.45) is -4.42. The van der Waals surface area contributed by atoms with Crippen LogP contribution in [0.4, 0.5) is 13.2 Å². The van der Waals surface area contributed by atoms with Crippen LogP contribution in [0.25, 0.3) is 0 Å². The summed E-state index contributed by atoms with van der Waals surface area (Å²) >= 11 is 0. The zero-order valence-corrected chi connectivity index (χ0v) is 11.3. The Morgan fingerprint density at radius 1 is 1.25 bits per heavy atom. The van der Waals surface area contributed by atoms with Gasteiger partial charge in [-0.05, 0) is 23.8 Å². The minimum absolute atomic E-state index is 0.0645. The van der Waals surface area contributed by atoms with Crippen LogP contribution < -0.4 is 4.18 Å². The fourth-order valence-electron chi connectivity index (χ4n) is 1.39. The van der Waals surface area contributed by atoms with Gasteiger partial charge >= 0.3 is 22.3 Å². The second-order valence-electron chi connectivity index (χ2n) is 3.90. The number of rotatable bonds is 4. The van der Waals surface area contributed by atoms with Crippen LogP contribution in [0.2, 0.25) is 0 Å². The molecule has 0 bridgehead atoms. The van der Waals surface area contributed by atoms with E-state index >= 15 is 0 Å². The predicted octanol–water partition coefficient (Wildman–Crippen LogP) is 1.76. The van der Waals surface area contributed by atoms with Crippen molar-refractivity contribution in [1.29, 1.82) is 0 Å². The third-order valence-corrected chi connectivity index (χ3v) is 2.61. The maximum atomic E-state index is 12.7. The lowest BCUT2D eigenvalue weighted by atomic mass is 10.1. The molecule has 0 aromatic heterocycles. The Morgan fingerprint density at radius 3 is 2.30 bits per heavy atom. The molecule has 5 nitrogen and oxygen atoms in total. The van der Waals surface area contributed by atoms with Crippen LogP contribution in [0.1, 0.15) is 11.1 Å². The summed E-state index contributed by atoms with van der Waals surface area (Å²) in [6.45, 7) is 0. The van der Waals surface area contributed by atoms with Gasteiger partial charge < -0.3 is 8.92 Å².